The highest BCUT2D eigenvalue weighted by molar-refractivity contribution is 14.1. The SMILES string of the molecule is Cc1cccc(NC(=O)C(=O)N/N=C\c2ccc(OC(=O)c3ccccc3I)cc2)c1. The zero-order valence-electron chi connectivity index (χ0n) is 16.5. The number of benzene rings is 3. The molecule has 0 fully saturated rings. The van der Waals surface area contributed by atoms with Crippen molar-refractivity contribution in [1.82, 2.24) is 5.43 Å². The maximum Gasteiger partial charge on any atom is 0.344 e. The van der Waals surface area contributed by atoms with E-state index < -0.39 is 17.8 Å². The Morgan fingerprint density at radius 2 is 1.68 bits per heavy atom. The van der Waals surface area contributed by atoms with E-state index in [0.717, 1.165) is 9.13 Å². The van der Waals surface area contributed by atoms with Crippen LogP contribution in [0.5, 0.6) is 5.75 Å². The first-order valence-corrected chi connectivity index (χ1v) is 10.3. The van der Waals surface area contributed by atoms with Gasteiger partial charge in [0.25, 0.3) is 0 Å². The van der Waals surface area contributed by atoms with Gasteiger partial charge in [0.1, 0.15) is 5.75 Å². The first kappa shape index (κ1) is 22.2. The van der Waals surface area contributed by atoms with Crippen molar-refractivity contribution in [2.45, 2.75) is 6.92 Å². The third-order valence-electron chi connectivity index (χ3n) is 4.05. The van der Waals surface area contributed by atoms with Gasteiger partial charge in [0.05, 0.1) is 11.8 Å². The van der Waals surface area contributed by atoms with Crippen LogP contribution in [0.2, 0.25) is 0 Å². The Kier molecular flexibility index (Phi) is 7.50. The van der Waals surface area contributed by atoms with Gasteiger partial charge in [0.15, 0.2) is 0 Å². The number of halogens is 1. The van der Waals surface area contributed by atoms with Crippen LogP contribution >= 0.6 is 22.6 Å². The lowest BCUT2D eigenvalue weighted by atomic mass is 10.2. The number of aryl methyl sites for hydroxylation is 1. The largest absolute Gasteiger partial charge is 0.423 e. The van der Waals surface area contributed by atoms with E-state index in [1.165, 1.54) is 6.21 Å². The number of anilines is 1. The number of carbonyl (C=O) groups excluding carboxylic acids is 3. The molecule has 2 amide bonds. The molecule has 0 atom stereocenters. The zero-order valence-corrected chi connectivity index (χ0v) is 18.6. The summed E-state index contributed by atoms with van der Waals surface area (Å²) in [7, 11) is 0. The number of esters is 1. The van der Waals surface area contributed by atoms with Gasteiger partial charge in [0, 0.05) is 9.26 Å². The predicted octanol–water partition coefficient (Wildman–Crippen LogP) is 3.91. The summed E-state index contributed by atoms with van der Waals surface area (Å²) in [4.78, 5) is 36.0. The minimum Gasteiger partial charge on any atom is -0.423 e. The third-order valence-corrected chi connectivity index (χ3v) is 4.99. The molecule has 156 valence electrons. The molecule has 0 aliphatic heterocycles. The summed E-state index contributed by atoms with van der Waals surface area (Å²) in [5, 5.41) is 6.28. The van der Waals surface area contributed by atoms with Crippen molar-refractivity contribution >= 4 is 52.3 Å². The fourth-order valence-corrected chi connectivity index (χ4v) is 3.15. The van der Waals surface area contributed by atoms with Crippen LogP contribution in [-0.2, 0) is 9.59 Å². The number of ether oxygens (including phenoxy) is 1. The van der Waals surface area contributed by atoms with Crippen LogP contribution in [0.15, 0.2) is 77.9 Å². The molecule has 0 heterocycles. The van der Waals surface area contributed by atoms with E-state index in [-0.39, 0.29) is 0 Å². The lowest BCUT2D eigenvalue weighted by Crippen LogP contribution is -2.32. The number of carbonyl (C=O) groups is 3. The van der Waals surface area contributed by atoms with Crippen LogP contribution in [0.3, 0.4) is 0 Å². The lowest BCUT2D eigenvalue weighted by molar-refractivity contribution is -0.136. The monoisotopic (exact) mass is 527 g/mol. The standard InChI is InChI=1S/C23H18IN3O4/c1-15-5-4-6-17(13-15)26-21(28)22(29)27-25-14-16-9-11-18(12-10-16)31-23(30)19-7-2-3-8-20(19)24/h2-14H,1H3,(H,26,28)(H,27,29)/b25-14-. The summed E-state index contributed by atoms with van der Waals surface area (Å²) >= 11 is 2.07. The minimum absolute atomic E-state index is 0.378. The Balaban J connectivity index is 1.52. The second kappa shape index (κ2) is 10.5. The smallest absolute Gasteiger partial charge is 0.344 e. The van der Waals surface area contributed by atoms with E-state index in [2.05, 4.69) is 38.4 Å². The van der Waals surface area contributed by atoms with Crippen LogP contribution in [0.25, 0.3) is 0 Å². The molecule has 0 spiro atoms. The summed E-state index contributed by atoms with van der Waals surface area (Å²) in [5.41, 5.74) is 4.80. The number of amides is 2. The zero-order chi connectivity index (χ0) is 22.2. The van der Waals surface area contributed by atoms with E-state index >= 15 is 0 Å². The number of hydrazone groups is 1. The van der Waals surface area contributed by atoms with Gasteiger partial charge in [-0.05, 0) is 89.2 Å². The quantitative estimate of drug-likeness (QED) is 0.131. The molecule has 2 N–H and O–H groups in total. The molecule has 0 bridgehead atoms. The lowest BCUT2D eigenvalue weighted by Gasteiger charge is -2.06. The maximum atomic E-state index is 12.2. The van der Waals surface area contributed by atoms with Crippen LogP contribution in [0.1, 0.15) is 21.5 Å². The topological polar surface area (TPSA) is 96.9 Å². The van der Waals surface area contributed by atoms with Gasteiger partial charge in [0.2, 0.25) is 0 Å². The molecular formula is C23H18IN3O4. The molecule has 3 rings (SSSR count). The van der Waals surface area contributed by atoms with Crippen LogP contribution in [-0.4, -0.2) is 24.0 Å². The summed E-state index contributed by atoms with van der Waals surface area (Å²) in [6.45, 7) is 1.88. The third kappa shape index (κ3) is 6.48. The van der Waals surface area contributed by atoms with Gasteiger partial charge in [-0.25, -0.2) is 10.2 Å². The van der Waals surface area contributed by atoms with E-state index in [9.17, 15) is 14.4 Å². The Hall–Kier alpha value is -3.53. The molecule has 0 aromatic heterocycles. The average Bonchev–Trinajstić information content (AvgIpc) is 2.75. The van der Waals surface area contributed by atoms with E-state index in [1.54, 1.807) is 54.6 Å². The molecule has 8 heteroatoms. The fraction of sp³-hybridized carbons (Fsp3) is 0.0435. The van der Waals surface area contributed by atoms with Crippen molar-refractivity contribution in [2.24, 2.45) is 5.10 Å². The van der Waals surface area contributed by atoms with Crippen molar-refractivity contribution in [1.29, 1.82) is 0 Å². The Morgan fingerprint density at radius 3 is 2.39 bits per heavy atom. The summed E-state index contributed by atoms with van der Waals surface area (Å²) < 4.78 is 6.17. The van der Waals surface area contributed by atoms with Crippen molar-refractivity contribution < 1.29 is 19.1 Å². The van der Waals surface area contributed by atoms with Gasteiger partial charge >= 0.3 is 17.8 Å². The predicted molar refractivity (Wildman–Crippen MR) is 126 cm³/mol. The second-order valence-corrected chi connectivity index (χ2v) is 7.62. The number of nitrogens with zero attached hydrogens (tertiary/aromatic N) is 1. The van der Waals surface area contributed by atoms with Crippen LogP contribution < -0.4 is 15.5 Å². The van der Waals surface area contributed by atoms with Gasteiger partial charge in [-0.3, -0.25) is 9.59 Å². The summed E-state index contributed by atoms with van der Waals surface area (Å²) in [5.74, 6) is -1.78. The Morgan fingerprint density at radius 1 is 0.935 bits per heavy atom. The molecular weight excluding hydrogens is 509 g/mol. The van der Waals surface area contributed by atoms with Crippen LogP contribution in [0.4, 0.5) is 5.69 Å². The highest BCUT2D eigenvalue weighted by atomic mass is 127. The van der Waals surface area contributed by atoms with E-state index in [1.807, 2.05) is 25.1 Å². The molecule has 0 radical (unpaired) electrons. The van der Waals surface area contributed by atoms with Crippen molar-refractivity contribution in [3.05, 3.63) is 93.1 Å². The summed E-state index contributed by atoms with van der Waals surface area (Å²) in [6, 6.07) is 20.8. The first-order chi connectivity index (χ1) is 14.9. The molecule has 7 nitrogen and oxygen atoms in total. The highest BCUT2D eigenvalue weighted by Crippen LogP contribution is 2.17. The molecule has 3 aromatic carbocycles. The Labute approximate surface area is 192 Å². The van der Waals surface area contributed by atoms with Gasteiger partial charge in [-0.15, -0.1) is 0 Å². The highest BCUT2D eigenvalue weighted by Gasteiger charge is 2.13. The number of hydrogen-bond acceptors (Lipinski definition) is 5. The molecule has 3 aromatic rings. The fourth-order valence-electron chi connectivity index (χ4n) is 2.54. The first-order valence-electron chi connectivity index (χ1n) is 9.20. The second-order valence-electron chi connectivity index (χ2n) is 6.46. The normalized spacial score (nSPS) is 10.5. The minimum atomic E-state index is -0.888. The molecule has 0 saturated carbocycles. The number of rotatable bonds is 5. The van der Waals surface area contributed by atoms with Gasteiger partial charge in [-0.1, -0.05) is 24.3 Å². The van der Waals surface area contributed by atoms with Gasteiger partial charge < -0.3 is 10.1 Å². The van der Waals surface area contributed by atoms with Crippen molar-refractivity contribution in [3.63, 3.8) is 0 Å². The molecule has 0 aliphatic carbocycles. The molecule has 0 saturated heterocycles. The molecule has 0 unspecified atom stereocenters. The van der Waals surface area contributed by atoms with E-state index in [0.29, 0.717) is 22.6 Å². The Bertz CT molecular complexity index is 1140. The van der Waals surface area contributed by atoms with Crippen molar-refractivity contribution in [2.75, 3.05) is 5.32 Å². The number of hydrogen-bond donors (Lipinski definition) is 2. The van der Waals surface area contributed by atoms with Crippen molar-refractivity contribution in [3.8, 4) is 5.75 Å². The maximum absolute atomic E-state index is 12.2. The summed E-state index contributed by atoms with van der Waals surface area (Å²) in [6.07, 6.45) is 1.38. The van der Waals surface area contributed by atoms with E-state index in [4.69, 9.17) is 4.74 Å². The molecule has 0 aliphatic rings. The molecule has 31 heavy (non-hydrogen) atoms. The van der Waals surface area contributed by atoms with Crippen LogP contribution in [0, 0.1) is 10.5 Å². The average molecular weight is 527 g/mol. The van der Waals surface area contributed by atoms with Gasteiger partial charge in [-0.2, -0.15) is 5.10 Å². The number of nitrogens with one attached hydrogen (secondary N) is 2.